The predicted molar refractivity (Wildman–Crippen MR) is 73.6 cm³/mol. The highest BCUT2D eigenvalue weighted by molar-refractivity contribution is 5.53. The molecule has 104 valence electrons. The fourth-order valence-electron chi connectivity index (χ4n) is 2.21. The molecule has 1 aliphatic rings. The molecule has 19 heavy (non-hydrogen) atoms. The summed E-state index contributed by atoms with van der Waals surface area (Å²) in [5, 5.41) is 12.3. The average molecular weight is 265 g/mol. The van der Waals surface area contributed by atoms with Crippen molar-refractivity contribution in [2.45, 2.75) is 6.29 Å². The van der Waals surface area contributed by atoms with Crippen LogP contribution in [0.25, 0.3) is 0 Å². The number of hydrogen-bond acceptors (Lipinski definition) is 6. The van der Waals surface area contributed by atoms with Gasteiger partial charge < -0.3 is 14.7 Å². The Bertz CT molecular complexity index is 402. The number of rotatable bonds is 5. The van der Waals surface area contributed by atoms with E-state index >= 15 is 0 Å². The van der Waals surface area contributed by atoms with E-state index in [0.29, 0.717) is 12.2 Å². The van der Waals surface area contributed by atoms with E-state index in [4.69, 9.17) is 4.74 Å². The van der Waals surface area contributed by atoms with Crippen LogP contribution in [0.2, 0.25) is 0 Å². The van der Waals surface area contributed by atoms with Crippen molar-refractivity contribution in [3.8, 4) is 0 Å². The van der Waals surface area contributed by atoms with Crippen LogP contribution in [0.15, 0.2) is 29.4 Å². The normalized spacial score (nSPS) is 18.3. The highest BCUT2D eigenvalue weighted by Crippen LogP contribution is 2.20. The maximum atomic E-state index is 10.4. The molecule has 0 aromatic heterocycles. The van der Waals surface area contributed by atoms with Crippen molar-refractivity contribution in [2.75, 3.05) is 44.7 Å². The summed E-state index contributed by atoms with van der Waals surface area (Å²) in [5.41, 5.74) is 1.55. The first-order valence-electron chi connectivity index (χ1n) is 6.34. The second-order valence-corrected chi connectivity index (χ2v) is 4.59. The summed E-state index contributed by atoms with van der Waals surface area (Å²) >= 11 is 0. The minimum absolute atomic E-state index is 0.450. The van der Waals surface area contributed by atoms with E-state index in [9.17, 15) is 10.0 Å². The van der Waals surface area contributed by atoms with E-state index in [1.165, 1.54) is 7.11 Å². The fourth-order valence-corrected chi connectivity index (χ4v) is 2.21. The van der Waals surface area contributed by atoms with Crippen molar-refractivity contribution in [1.82, 2.24) is 4.90 Å². The zero-order valence-corrected chi connectivity index (χ0v) is 11.0. The van der Waals surface area contributed by atoms with E-state index in [0.717, 1.165) is 31.9 Å². The summed E-state index contributed by atoms with van der Waals surface area (Å²) in [6.07, 6.45) is -0.718. The third kappa shape index (κ3) is 3.73. The average Bonchev–Trinajstić information content (AvgIpc) is 2.48. The molecular formula is C13H19N3O3. The van der Waals surface area contributed by atoms with Crippen LogP contribution in [0.1, 0.15) is 0 Å². The Balaban J connectivity index is 1.86. The van der Waals surface area contributed by atoms with E-state index in [-0.39, 0.29) is 0 Å². The summed E-state index contributed by atoms with van der Waals surface area (Å²) in [5.74, 6) is 0. The molecule has 0 aliphatic carbocycles. The SMILES string of the molecule is COC(O)CN1CCN(c2ccc(N=O)cc2)CC1. The van der Waals surface area contributed by atoms with Crippen LogP contribution in [0, 0.1) is 4.91 Å². The van der Waals surface area contributed by atoms with Crippen LogP contribution in [0.5, 0.6) is 0 Å². The molecule has 0 bridgehead atoms. The van der Waals surface area contributed by atoms with Crippen LogP contribution < -0.4 is 4.90 Å². The maximum Gasteiger partial charge on any atom is 0.166 e. The number of ether oxygens (including phenoxy) is 1. The number of methoxy groups -OCH3 is 1. The second-order valence-electron chi connectivity index (χ2n) is 4.59. The molecule has 0 amide bonds. The lowest BCUT2D eigenvalue weighted by molar-refractivity contribution is -0.0910. The topological polar surface area (TPSA) is 65.4 Å². The van der Waals surface area contributed by atoms with Gasteiger partial charge >= 0.3 is 0 Å². The summed E-state index contributed by atoms with van der Waals surface area (Å²) in [4.78, 5) is 14.8. The molecule has 1 atom stereocenters. The lowest BCUT2D eigenvalue weighted by atomic mass is 10.2. The van der Waals surface area contributed by atoms with Gasteiger partial charge in [-0.2, -0.15) is 0 Å². The molecule has 0 radical (unpaired) electrons. The van der Waals surface area contributed by atoms with Gasteiger partial charge in [-0.3, -0.25) is 4.90 Å². The second kappa shape index (κ2) is 6.60. The molecule has 1 N–H and O–H groups in total. The third-order valence-electron chi connectivity index (χ3n) is 3.38. The van der Waals surface area contributed by atoms with Gasteiger partial charge in [-0.15, -0.1) is 4.91 Å². The monoisotopic (exact) mass is 265 g/mol. The van der Waals surface area contributed by atoms with Gasteiger partial charge in [0, 0.05) is 45.5 Å². The number of piperazine rings is 1. The Morgan fingerprint density at radius 2 is 1.89 bits per heavy atom. The molecule has 1 saturated heterocycles. The molecule has 1 aliphatic heterocycles. The Hall–Kier alpha value is -1.50. The fraction of sp³-hybridized carbons (Fsp3) is 0.538. The number of hydrogen-bond donors (Lipinski definition) is 1. The van der Waals surface area contributed by atoms with Gasteiger partial charge in [0.25, 0.3) is 0 Å². The lowest BCUT2D eigenvalue weighted by Crippen LogP contribution is -2.48. The van der Waals surface area contributed by atoms with Gasteiger partial charge in [0.15, 0.2) is 6.29 Å². The smallest absolute Gasteiger partial charge is 0.166 e. The molecule has 2 rings (SSSR count). The Morgan fingerprint density at radius 3 is 2.42 bits per heavy atom. The number of β-amino-alcohol motifs (C(OH)–C–C–N with tert-alkyl or cyclic N) is 1. The molecule has 1 unspecified atom stereocenters. The Morgan fingerprint density at radius 1 is 1.26 bits per heavy atom. The van der Waals surface area contributed by atoms with E-state index in [2.05, 4.69) is 15.0 Å². The van der Waals surface area contributed by atoms with Gasteiger partial charge in [0.2, 0.25) is 0 Å². The first kappa shape index (κ1) is 13.9. The van der Waals surface area contributed by atoms with Crippen molar-refractivity contribution in [3.05, 3.63) is 29.2 Å². The van der Waals surface area contributed by atoms with Crippen LogP contribution in [0.4, 0.5) is 11.4 Å². The van der Waals surface area contributed by atoms with E-state index < -0.39 is 6.29 Å². The molecule has 0 spiro atoms. The third-order valence-corrected chi connectivity index (χ3v) is 3.38. The van der Waals surface area contributed by atoms with Crippen LogP contribution in [0.3, 0.4) is 0 Å². The van der Waals surface area contributed by atoms with Crippen molar-refractivity contribution in [2.24, 2.45) is 5.18 Å². The van der Waals surface area contributed by atoms with E-state index in [1.54, 1.807) is 12.1 Å². The van der Waals surface area contributed by atoms with Crippen molar-refractivity contribution < 1.29 is 9.84 Å². The van der Waals surface area contributed by atoms with Crippen molar-refractivity contribution in [1.29, 1.82) is 0 Å². The van der Waals surface area contributed by atoms with Gasteiger partial charge in [0.05, 0.1) is 0 Å². The number of nitrogens with zero attached hydrogens (tertiary/aromatic N) is 3. The molecule has 6 heteroatoms. The van der Waals surface area contributed by atoms with Gasteiger partial charge in [-0.25, -0.2) is 0 Å². The molecule has 1 aromatic rings. The number of aliphatic hydroxyl groups excluding tert-OH is 1. The first-order chi connectivity index (χ1) is 9.22. The minimum Gasteiger partial charge on any atom is -0.369 e. The first-order valence-corrected chi connectivity index (χ1v) is 6.34. The standard InChI is InChI=1S/C13H19N3O3/c1-19-13(17)10-15-6-8-16(9-7-15)12-4-2-11(14-18)3-5-12/h2-5,13,17H,6-10H2,1H3. The zero-order chi connectivity index (χ0) is 13.7. The molecule has 0 saturated carbocycles. The highest BCUT2D eigenvalue weighted by Gasteiger charge is 2.19. The van der Waals surface area contributed by atoms with Crippen LogP contribution in [-0.2, 0) is 4.74 Å². The summed E-state index contributed by atoms with van der Waals surface area (Å²) in [6, 6.07) is 7.28. The van der Waals surface area contributed by atoms with Gasteiger partial charge in [-0.1, -0.05) is 0 Å². The Labute approximate surface area is 112 Å². The predicted octanol–water partition coefficient (Wildman–Crippen LogP) is 1.17. The lowest BCUT2D eigenvalue weighted by Gasteiger charge is -2.36. The van der Waals surface area contributed by atoms with E-state index in [1.807, 2.05) is 12.1 Å². The van der Waals surface area contributed by atoms with Gasteiger partial charge in [-0.05, 0) is 29.4 Å². The largest absolute Gasteiger partial charge is 0.369 e. The molecule has 1 fully saturated rings. The molecule has 1 aromatic carbocycles. The number of aliphatic hydroxyl groups is 1. The highest BCUT2D eigenvalue weighted by atomic mass is 16.6. The van der Waals surface area contributed by atoms with Crippen molar-refractivity contribution >= 4 is 11.4 Å². The zero-order valence-electron chi connectivity index (χ0n) is 11.0. The summed E-state index contributed by atoms with van der Waals surface area (Å²) in [7, 11) is 1.50. The molecular weight excluding hydrogens is 246 g/mol. The minimum atomic E-state index is -0.718. The van der Waals surface area contributed by atoms with Gasteiger partial charge in [0.1, 0.15) is 5.69 Å². The maximum absolute atomic E-state index is 10.4. The molecule has 6 nitrogen and oxygen atoms in total. The number of nitroso groups, excluding NO2 is 1. The molecule has 1 heterocycles. The van der Waals surface area contributed by atoms with Crippen molar-refractivity contribution in [3.63, 3.8) is 0 Å². The Kier molecular flexibility index (Phi) is 4.84. The summed E-state index contributed by atoms with van der Waals surface area (Å²) < 4.78 is 4.85. The van der Waals surface area contributed by atoms with Crippen LogP contribution >= 0.6 is 0 Å². The summed E-state index contributed by atoms with van der Waals surface area (Å²) in [6.45, 7) is 4.09. The number of benzene rings is 1. The number of anilines is 1. The quantitative estimate of drug-likeness (QED) is 0.639. The van der Waals surface area contributed by atoms with Crippen LogP contribution in [-0.4, -0.2) is 56.1 Å².